The van der Waals surface area contributed by atoms with E-state index in [1.165, 1.54) is 0 Å². The summed E-state index contributed by atoms with van der Waals surface area (Å²) in [6.07, 6.45) is 1.90. The lowest BCUT2D eigenvalue weighted by Crippen LogP contribution is -2.21. The normalized spacial score (nSPS) is 11.3. The van der Waals surface area contributed by atoms with Crippen molar-refractivity contribution in [2.75, 3.05) is 5.32 Å². The molecule has 2 heterocycles. The Hall–Kier alpha value is -2.41. The molecule has 0 saturated carbocycles. The topological polar surface area (TPSA) is 88.5 Å². The monoisotopic (exact) mass is 346 g/mol. The van der Waals surface area contributed by atoms with Crippen LogP contribution in [-0.2, 0) is 6.54 Å². The minimum atomic E-state index is -0.322. The van der Waals surface area contributed by atoms with Gasteiger partial charge in [0.05, 0.1) is 6.54 Å². The molecule has 0 radical (unpaired) electrons. The van der Waals surface area contributed by atoms with Gasteiger partial charge in [-0.05, 0) is 24.5 Å². The predicted molar refractivity (Wildman–Crippen MR) is 94.5 cm³/mol. The van der Waals surface area contributed by atoms with Gasteiger partial charge >= 0.3 is 0 Å². The maximum absolute atomic E-state index is 12.2. The zero-order valence-electron chi connectivity index (χ0n) is 13.6. The van der Waals surface area contributed by atoms with Crippen LogP contribution in [0, 0.1) is 0 Å². The Labute approximate surface area is 144 Å². The molecule has 0 atom stereocenters. The fraction of sp³-hybridized carbons (Fsp3) is 0.375. The van der Waals surface area contributed by atoms with E-state index in [9.17, 15) is 4.79 Å². The standard InChI is InChI=1S/C16H19ClN6O/c1-3-11(4-2)18-15-13-14(16(24)21-20-15)23(22-19-13)9-10-7-5-6-8-12(10)17/h5-8,11H,3-4,9H2,1-2H3,(H,18,20)(H,21,24). The molecule has 8 heteroatoms. The molecule has 0 spiro atoms. The molecule has 0 aliphatic rings. The Kier molecular flexibility index (Phi) is 4.80. The van der Waals surface area contributed by atoms with Crippen molar-refractivity contribution in [3.63, 3.8) is 0 Å². The van der Waals surface area contributed by atoms with Gasteiger partial charge in [0.1, 0.15) is 0 Å². The summed E-state index contributed by atoms with van der Waals surface area (Å²) in [6.45, 7) is 4.56. The Bertz CT molecular complexity index is 899. The second-order valence-corrected chi connectivity index (χ2v) is 6.00. The second kappa shape index (κ2) is 7.00. The van der Waals surface area contributed by atoms with Gasteiger partial charge in [-0.15, -0.1) is 5.10 Å². The fourth-order valence-electron chi connectivity index (χ4n) is 2.60. The number of anilines is 1. The summed E-state index contributed by atoms with van der Waals surface area (Å²) in [5.74, 6) is 0.545. The summed E-state index contributed by atoms with van der Waals surface area (Å²) in [6, 6.07) is 7.72. The van der Waals surface area contributed by atoms with Crippen LogP contribution < -0.4 is 10.9 Å². The number of hydrogen-bond acceptors (Lipinski definition) is 5. The Morgan fingerprint density at radius 2 is 2.04 bits per heavy atom. The zero-order chi connectivity index (χ0) is 17.1. The van der Waals surface area contributed by atoms with Gasteiger partial charge < -0.3 is 5.32 Å². The lowest BCUT2D eigenvalue weighted by Gasteiger charge is -2.14. The van der Waals surface area contributed by atoms with Crippen molar-refractivity contribution in [2.45, 2.75) is 39.3 Å². The van der Waals surface area contributed by atoms with E-state index >= 15 is 0 Å². The average molecular weight is 347 g/mol. The number of hydrogen-bond donors (Lipinski definition) is 2. The van der Waals surface area contributed by atoms with Crippen LogP contribution in [0.25, 0.3) is 11.0 Å². The molecular formula is C16H19ClN6O. The van der Waals surface area contributed by atoms with E-state index in [-0.39, 0.29) is 11.6 Å². The molecule has 2 aromatic heterocycles. The minimum Gasteiger partial charge on any atom is -0.364 e. The first-order valence-corrected chi connectivity index (χ1v) is 8.33. The average Bonchev–Trinajstić information content (AvgIpc) is 3.01. The van der Waals surface area contributed by atoms with Crippen molar-refractivity contribution in [2.24, 2.45) is 0 Å². The minimum absolute atomic E-state index is 0.264. The first kappa shape index (κ1) is 16.4. The van der Waals surface area contributed by atoms with Gasteiger partial charge in [0, 0.05) is 11.1 Å². The first-order valence-electron chi connectivity index (χ1n) is 7.95. The van der Waals surface area contributed by atoms with Crippen molar-refractivity contribution in [3.8, 4) is 0 Å². The molecule has 3 aromatic rings. The summed E-state index contributed by atoms with van der Waals surface area (Å²) >= 11 is 6.20. The van der Waals surface area contributed by atoms with E-state index in [2.05, 4.69) is 39.7 Å². The van der Waals surface area contributed by atoms with Gasteiger partial charge in [0.2, 0.25) is 0 Å². The SMILES string of the molecule is CCC(CC)Nc1n[nH]c(=O)c2c1nnn2Cc1ccccc1Cl. The van der Waals surface area contributed by atoms with Gasteiger partial charge in [-0.1, -0.05) is 48.9 Å². The maximum atomic E-state index is 12.2. The van der Waals surface area contributed by atoms with Gasteiger partial charge in [-0.2, -0.15) is 5.10 Å². The van der Waals surface area contributed by atoms with Crippen LogP contribution >= 0.6 is 11.6 Å². The Morgan fingerprint density at radius 3 is 2.75 bits per heavy atom. The molecule has 2 N–H and O–H groups in total. The molecule has 0 unspecified atom stereocenters. The molecule has 0 fully saturated rings. The number of aromatic amines is 1. The van der Waals surface area contributed by atoms with E-state index < -0.39 is 0 Å². The summed E-state index contributed by atoms with van der Waals surface area (Å²) in [5, 5.41) is 18.8. The van der Waals surface area contributed by atoms with Crippen LogP contribution in [0.5, 0.6) is 0 Å². The third-order valence-electron chi connectivity index (χ3n) is 4.05. The molecule has 0 aliphatic carbocycles. The third kappa shape index (κ3) is 3.12. The molecule has 0 aliphatic heterocycles. The van der Waals surface area contributed by atoms with Crippen molar-refractivity contribution >= 4 is 28.5 Å². The molecule has 126 valence electrons. The number of benzene rings is 1. The molecule has 0 amide bonds. The molecule has 0 bridgehead atoms. The maximum Gasteiger partial charge on any atom is 0.292 e. The number of fused-ring (bicyclic) bond motifs is 1. The molecule has 0 saturated heterocycles. The van der Waals surface area contributed by atoms with E-state index in [4.69, 9.17) is 11.6 Å². The van der Waals surface area contributed by atoms with Crippen LogP contribution in [-0.4, -0.2) is 31.2 Å². The highest BCUT2D eigenvalue weighted by molar-refractivity contribution is 6.31. The van der Waals surface area contributed by atoms with Crippen molar-refractivity contribution in [1.29, 1.82) is 0 Å². The van der Waals surface area contributed by atoms with Gasteiger partial charge in [-0.3, -0.25) is 4.79 Å². The molecular weight excluding hydrogens is 328 g/mol. The number of aromatic nitrogens is 5. The number of rotatable bonds is 6. The molecule has 3 rings (SSSR count). The van der Waals surface area contributed by atoms with Crippen molar-refractivity contribution < 1.29 is 0 Å². The third-order valence-corrected chi connectivity index (χ3v) is 4.42. The number of H-pyrrole nitrogens is 1. The largest absolute Gasteiger partial charge is 0.364 e. The summed E-state index contributed by atoms with van der Waals surface area (Å²) < 4.78 is 1.55. The fourth-order valence-corrected chi connectivity index (χ4v) is 2.79. The van der Waals surface area contributed by atoms with Crippen molar-refractivity contribution in [3.05, 3.63) is 45.2 Å². The highest BCUT2D eigenvalue weighted by Gasteiger charge is 2.17. The smallest absolute Gasteiger partial charge is 0.292 e. The van der Waals surface area contributed by atoms with Crippen LogP contribution in [0.1, 0.15) is 32.3 Å². The van der Waals surface area contributed by atoms with E-state index in [0.717, 1.165) is 18.4 Å². The van der Waals surface area contributed by atoms with Crippen LogP contribution in [0.3, 0.4) is 0 Å². The summed E-state index contributed by atoms with van der Waals surface area (Å²) in [7, 11) is 0. The molecule has 1 aromatic carbocycles. The van der Waals surface area contributed by atoms with Gasteiger partial charge in [-0.25, -0.2) is 9.78 Å². The predicted octanol–water partition coefficient (Wildman–Crippen LogP) is 2.82. The van der Waals surface area contributed by atoms with Crippen LogP contribution in [0.4, 0.5) is 5.82 Å². The second-order valence-electron chi connectivity index (χ2n) is 5.59. The molecule has 24 heavy (non-hydrogen) atoms. The van der Waals surface area contributed by atoms with Crippen molar-refractivity contribution in [1.82, 2.24) is 25.2 Å². The van der Waals surface area contributed by atoms with Gasteiger partial charge in [0.15, 0.2) is 16.9 Å². The van der Waals surface area contributed by atoms with Gasteiger partial charge in [0.25, 0.3) is 5.56 Å². The van der Waals surface area contributed by atoms with Crippen LogP contribution in [0.15, 0.2) is 29.1 Å². The van der Waals surface area contributed by atoms with Crippen LogP contribution in [0.2, 0.25) is 5.02 Å². The van der Waals surface area contributed by atoms with E-state index in [0.29, 0.717) is 28.4 Å². The number of nitrogens with one attached hydrogen (secondary N) is 2. The first-order chi connectivity index (χ1) is 11.6. The van der Waals surface area contributed by atoms with E-state index in [1.54, 1.807) is 4.68 Å². The Balaban J connectivity index is 2.02. The van der Waals surface area contributed by atoms with E-state index in [1.807, 2.05) is 24.3 Å². The molecule has 7 nitrogen and oxygen atoms in total. The Morgan fingerprint density at radius 1 is 1.29 bits per heavy atom. The summed E-state index contributed by atoms with van der Waals surface area (Å²) in [5.41, 5.74) is 1.41. The quantitative estimate of drug-likeness (QED) is 0.716. The highest BCUT2D eigenvalue weighted by atomic mass is 35.5. The number of halogens is 1. The lowest BCUT2D eigenvalue weighted by atomic mass is 10.2. The highest BCUT2D eigenvalue weighted by Crippen LogP contribution is 2.20. The number of nitrogens with zero attached hydrogens (tertiary/aromatic N) is 4. The zero-order valence-corrected chi connectivity index (χ0v) is 14.3. The summed E-state index contributed by atoms with van der Waals surface area (Å²) in [4.78, 5) is 12.2. The lowest BCUT2D eigenvalue weighted by molar-refractivity contribution is 0.667.